The van der Waals surface area contributed by atoms with Crippen LogP contribution in [0.5, 0.6) is 0 Å². The quantitative estimate of drug-likeness (QED) is 0.801. The lowest BCUT2D eigenvalue weighted by Crippen LogP contribution is -2.39. The van der Waals surface area contributed by atoms with Gasteiger partial charge in [-0.25, -0.2) is 8.42 Å². The molecule has 1 amide bonds. The van der Waals surface area contributed by atoms with Crippen LogP contribution in [-0.4, -0.2) is 63.4 Å². The number of ether oxygens (including phenoxy) is 1. The molecule has 1 aliphatic heterocycles. The van der Waals surface area contributed by atoms with Gasteiger partial charge in [0.05, 0.1) is 12.6 Å². The average molecular weight is 304 g/mol. The number of hydrogen-bond acceptors (Lipinski definition) is 5. The van der Waals surface area contributed by atoms with Gasteiger partial charge in [-0.2, -0.15) is 4.31 Å². The Labute approximate surface area is 116 Å². The van der Waals surface area contributed by atoms with Gasteiger partial charge >= 0.3 is 0 Å². The molecule has 0 aliphatic carbocycles. The molecule has 0 spiro atoms. The first-order valence-corrected chi connectivity index (χ1v) is 8.07. The minimum absolute atomic E-state index is 0.142. The van der Waals surface area contributed by atoms with Gasteiger partial charge in [0.1, 0.15) is 4.21 Å². The second-order valence-electron chi connectivity index (χ2n) is 4.36. The summed E-state index contributed by atoms with van der Waals surface area (Å²) in [5.41, 5.74) is 0. The predicted molar refractivity (Wildman–Crippen MR) is 71.5 cm³/mol. The monoisotopic (exact) mass is 304 g/mol. The maximum atomic E-state index is 12.4. The second kappa shape index (κ2) is 5.58. The summed E-state index contributed by atoms with van der Waals surface area (Å²) in [7, 11) is -0.451. The fraction of sp³-hybridized carbons (Fsp3) is 0.545. The fourth-order valence-corrected chi connectivity index (χ4v) is 4.46. The number of carbonyl (C=O) groups excluding carboxylic acids is 1. The molecule has 19 heavy (non-hydrogen) atoms. The zero-order valence-electron chi connectivity index (χ0n) is 10.8. The highest BCUT2D eigenvalue weighted by Crippen LogP contribution is 2.22. The molecule has 106 valence electrons. The van der Waals surface area contributed by atoms with Crippen LogP contribution in [0.4, 0.5) is 0 Å². The molecular weight excluding hydrogens is 288 g/mol. The molecule has 0 N–H and O–H groups in total. The van der Waals surface area contributed by atoms with Gasteiger partial charge in [0.15, 0.2) is 0 Å². The van der Waals surface area contributed by atoms with E-state index in [1.165, 1.54) is 16.3 Å². The summed E-state index contributed by atoms with van der Waals surface area (Å²) in [5.74, 6) is -0.223. The van der Waals surface area contributed by atoms with Crippen LogP contribution >= 0.6 is 11.3 Å². The number of thiophene rings is 1. The molecule has 1 unspecified atom stereocenters. The third-order valence-corrected chi connectivity index (χ3v) is 6.23. The molecule has 0 saturated carbocycles. The van der Waals surface area contributed by atoms with Crippen LogP contribution in [-0.2, 0) is 19.6 Å². The molecule has 1 fully saturated rings. The molecule has 1 aromatic rings. The van der Waals surface area contributed by atoms with E-state index in [2.05, 4.69) is 0 Å². The second-order valence-corrected chi connectivity index (χ2v) is 7.47. The molecule has 1 atom stereocenters. The van der Waals surface area contributed by atoms with E-state index in [1.54, 1.807) is 24.6 Å². The van der Waals surface area contributed by atoms with Gasteiger partial charge in [-0.15, -0.1) is 11.3 Å². The zero-order chi connectivity index (χ0) is 14.0. The number of hydrogen-bond donors (Lipinski definition) is 0. The highest BCUT2D eigenvalue weighted by atomic mass is 32.2. The molecule has 1 saturated heterocycles. The summed E-state index contributed by atoms with van der Waals surface area (Å²) >= 11 is 1.15. The van der Waals surface area contributed by atoms with Crippen molar-refractivity contribution in [2.45, 2.75) is 10.3 Å². The Morgan fingerprint density at radius 2 is 2.16 bits per heavy atom. The van der Waals surface area contributed by atoms with E-state index in [4.69, 9.17) is 4.74 Å². The van der Waals surface area contributed by atoms with Crippen LogP contribution in [0, 0.1) is 0 Å². The normalized spacial score (nSPS) is 22.5. The lowest BCUT2D eigenvalue weighted by Gasteiger charge is -2.21. The first-order valence-electron chi connectivity index (χ1n) is 5.75. The van der Waals surface area contributed by atoms with Crippen LogP contribution in [0.15, 0.2) is 21.7 Å². The zero-order valence-corrected chi connectivity index (χ0v) is 12.4. The summed E-state index contributed by atoms with van der Waals surface area (Å²) in [4.78, 5) is 13.4. The summed E-state index contributed by atoms with van der Waals surface area (Å²) in [6.07, 6.45) is -0.314. The lowest BCUT2D eigenvalue weighted by atomic mass is 10.3. The van der Waals surface area contributed by atoms with E-state index in [-0.39, 0.29) is 29.3 Å². The number of sulfonamides is 1. The minimum atomic E-state index is -3.62. The van der Waals surface area contributed by atoms with E-state index >= 15 is 0 Å². The summed E-state index contributed by atoms with van der Waals surface area (Å²) in [5, 5.41) is 1.70. The molecule has 0 bridgehead atoms. The SMILES string of the molecule is COC1CN(C)C(=O)CN(S(=O)(=O)c2cccs2)C1. The Bertz CT molecular complexity index is 541. The van der Waals surface area contributed by atoms with Crippen LogP contribution in [0.25, 0.3) is 0 Å². The number of methoxy groups -OCH3 is 1. The van der Waals surface area contributed by atoms with Gasteiger partial charge in [0.25, 0.3) is 10.0 Å². The van der Waals surface area contributed by atoms with Crippen LogP contribution < -0.4 is 0 Å². The van der Waals surface area contributed by atoms with E-state index in [0.29, 0.717) is 6.54 Å². The predicted octanol–water partition coefficient (Wildman–Crippen LogP) is 0.226. The van der Waals surface area contributed by atoms with Gasteiger partial charge in [-0.05, 0) is 11.4 Å². The number of carbonyl (C=O) groups is 1. The van der Waals surface area contributed by atoms with Crippen molar-refractivity contribution in [1.82, 2.24) is 9.21 Å². The molecule has 1 aliphatic rings. The Morgan fingerprint density at radius 1 is 1.42 bits per heavy atom. The van der Waals surface area contributed by atoms with E-state index < -0.39 is 10.0 Å². The number of amides is 1. The maximum absolute atomic E-state index is 12.4. The molecule has 0 radical (unpaired) electrons. The number of likely N-dealkylation sites (N-methyl/N-ethyl adjacent to an activating group) is 1. The molecule has 6 nitrogen and oxygen atoms in total. The third-order valence-electron chi connectivity index (χ3n) is 3.04. The van der Waals surface area contributed by atoms with Crippen molar-refractivity contribution in [3.8, 4) is 0 Å². The third kappa shape index (κ3) is 2.97. The highest BCUT2D eigenvalue weighted by molar-refractivity contribution is 7.91. The van der Waals surface area contributed by atoms with Gasteiger partial charge in [-0.3, -0.25) is 4.79 Å². The Balaban J connectivity index is 2.30. The first-order chi connectivity index (χ1) is 8.95. The van der Waals surface area contributed by atoms with Crippen LogP contribution in [0.2, 0.25) is 0 Å². The molecule has 8 heteroatoms. The van der Waals surface area contributed by atoms with Crippen molar-refractivity contribution in [3.63, 3.8) is 0 Å². The Morgan fingerprint density at radius 3 is 2.74 bits per heavy atom. The Kier molecular flexibility index (Phi) is 4.24. The highest BCUT2D eigenvalue weighted by Gasteiger charge is 2.34. The van der Waals surface area contributed by atoms with Gasteiger partial charge in [0.2, 0.25) is 5.91 Å². The number of rotatable bonds is 3. The maximum Gasteiger partial charge on any atom is 0.253 e. The van der Waals surface area contributed by atoms with Crippen LogP contribution in [0.3, 0.4) is 0 Å². The topological polar surface area (TPSA) is 66.9 Å². The van der Waals surface area contributed by atoms with E-state index in [9.17, 15) is 13.2 Å². The molecule has 2 heterocycles. The largest absolute Gasteiger partial charge is 0.378 e. The number of nitrogens with zero attached hydrogens (tertiary/aromatic N) is 2. The van der Waals surface area contributed by atoms with Crippen molar-refractivity contribution in [1.29, 1.82) is 0 Å². The smallest absolute Gasteiger partial charge is 0.253 e. The summed E-state index contributed by atoms with van der Waals surface area (Å²) in [6, 6.07) is 3.22. The van der Waals surface area contributed by atoms with Crippen LogP contribution in [0.1, 0.15) is 0 Å². The summed E-state index contributed by atoms with van der Waals surface area (Å²) < 4.78 is 31.5. The molecule has 2 rings (SSSR count). The average Bonchev–Trinajstić information content (AvgIpc) is 2.86. The van der Waals surface area contributed by atoms with Gasteiger partial charge in [-0.1, -0.05) is 6.07 Å². The minimum Gasteiger partial charge on any atom is -0.378 e. The molecule has 1 aromatic heterocycles. The van der Waals surface area contributed by atoms with Crippen molar-refractivity contribution in [3.05, 3.63) is 17.5 Å². The van der Waals surface area contributed by atoms with Crippen molar-refractivity contribution < 1.29 is 17.9 Å². The summed E-state index contributed by atoms with van der Waals surface area (Å²) in [6.45, 7) is 0.440. The molecular formula is C11H16N2O4S2. The van der Waals surface area contributed by atoms with E-state index in [1.807, 2.05) is 0 Å². The van der Waals surface area contributed by atoms with Crippen molar-refractivity contribution in [2.24, 2.45) is 0 Å². The van der Waals surface area contributed by atoms with Crippen molar-refractivity contribution >= 4 is 27.3 Å². The van der Waals surface area contributed by atoms with Crippen molar-refractivity contribution in [2.75, 3.05) is 33.8 Å². The first kappa shape index (κ1) is 14.4. The van der Waals surface area contributed by atoms with E-state index in [0.717, 1.165) is 11.3 Å². The Hall–Kier alpha value is -0.960. The van der Waals surface area contributed by atoms with Gasteiger partial charge < -0.3 is 9.64 Å². The van der Waals surface area contributed by atoms with Gasteiger partial charge in [0, 0.05) is 27.2 Å². The fourth-order valence-electron chi connectivity index (χ4n) is 1.90. The lowest BCUT2D eigenvalue weighted by molar-refractivity contribution is -0.129. The standard InChI is InChI=1S/C11H16N2O4S2/c1-12-6-9(17-2)7-13(8-10(12)14)19(15,16)11-4-3-5-18-11/h3-5,9H,6-8H2,1-2H3. The molecule has 0 aromatic carbocycles.